The Morgan fingerprint density at radius 1 is 1.57 bits per heavy atom. The summed E-state index contributed by atoms with van der Waals surface area (Å²) >= 11 is 0. The Labute approximate surface area is 120 Å². The van der Waals surface area contributed by atoms with Crippen molar-refractivity contribution in [2.45, 2.75) is 13.3 Å². The van der Waals surface area contributed by atoms with E-state index in [1.165, 1.54) is 4.90 Å². The first-order valence-electron chi connectivity index (χ1n) is 6.30. The van der Waals surface area contributed by atoms with Gasteiger partial charge in [0.15, 0.2) is 5.82 Å². The van der Waals surface area contributed by atoms with Crippen LogP contribution in [0.2, 0.25) is 0 Å². The summed E-state index contributed by atoms with van der Waals surface area (Å²) in [5, 5.41) is 19.8. The summed E-state index contributed by atoms with van der Waals surface area (Å²) in [5.74, 6) is 3.58. The number of hydrogen-bond acceptors (Lipinski definition) is 6. The van der Waals surface area contributed by atoms with E-state index >= 15 is 0 Å². The number of hydrogen-bond donors (Lipinski definition) is 3. The van der Waals surface area contributed by atoms with E-state index in [9.17, 15) is 19.3 Å². The molecule has 1 amide bonds. The summed E-state index contributed by atoms with van der Waals surface area (Å²) in [4.78, 5) is 23.8. The molecule has 0 aliphatic rings. The zero-order valence-electron chi connectivity index (χ0n) is 11.5. The van der Waals surface area contributed by atoms with Gasteiger partial charge in [-0.15, -0.1) is 0 Å². The van der Waals surface area contributed by atoms with Crippen LogP contribution in [-0.4, -0.2) is 40.5 Å². The molecular weight excluding hydrogens is 283 g/mol. The third kappa shape index (κ3) is 3.86. The number of benzene rings is 1. The average molecular weight is 300 g/mol. The van der Waals surface area contributed by atoms with Gasteiger partial charge in [-0.1, -0.05) is 0 Å². The highest BCUT2D eigenvalue weighted by atomic mass is 19.1. The molecule has 1 aromatic rings. The quantitative estimate of drug-likeness (QED) is 0.390. The largest absolute Gasteiger partial charge is 0.396 e. The third-order valence-electron chi connectivity index (χ3n) is 2.92. The molecule has 4 N–H and O–H groups in total. The van der Waals surface area contributed by atoms with Crippen molar-refractivity contribution in [2.75, 3.05) is 25.1 Å². The minimum absolute atomic E-state index is 0.106. The van der Waals surface area contributed by atoms with Crippen LogP contribution in [0.25, 0.3) is 0 Å². The molecule has 0 radical (unpaired) electrons. The molecule has 0 unspecified atom stereocenters. The maximum Gasteiger partial charge on any atom is 0.285 e. The molecule has 0 fully saturated rings. The van der Waals surface area contributed by atoms with E-state index in [0.717, 1.165) is 6.07 Å². The second kappa shape index (κ2) is 7.50. The monoisotopic (exact) mass is 300 g/mol. The number of aliphatic hydroxyl groups excluding tert-OH is 1. The van der Waals surface area contributed by atoms with Crippen LogP contribution in [0.3, 0.4) is 0 Å². The van der Waals surface area contributed by atoms with Crippen LogP contribution in [-0.2, 0) is 0 Å². The lowest BCUT2D eigenvalue weighted by atomic mass is 10.1. The van der Waals surface area contributed by atoms with Crippen LogP contribution in [0.5, 0.6) is 0 Å². The van der Waals surface area contributed by atoms with Crippen LogP contribution in [0.15, 0.2) is 12.1 Å². The zero-order valence-corrected chi connectivity index (χ0v) is 11.5. The van der Waals surface area contributed by atoms with Crippen molar-refractivity contribution in [1.82, 2.24) is 4.90 Å². The highest BCUT2D eigenvalue weighted by Gasteiger charge is 2.26. The van der Waals surface area contributed by atoms with E-state index in [1.54, 1.807) is 6.92 Å². The van der Waals surface area contributed by atoms with Gasteiger partial charge in [-0.3, -0.25) is 20.8 Å². The van der Waals surface area contributed by atoms with Gasteiger partial charge in [0.2, 0.25) is 0 Å². The van der Waals surface area contributed by atoms with Gasteiger partial charge >= 0.3 is 0 Å². The van der Waals surface area contributed by atoms with E-state index in [2.05, 4.69) is 0 Å². The summed E-state index contributed by atoms with van der Waals surface area (Å²) in [5.41, 5.74) is 0.961. The lowest BCUT2D eigenvalue weighted by Crippen LogP contribution is -2.32. The summed E-state index contributed by atoms with van der Waals surface area (Å²) < 4.78 is 13.5. The summed E-state index contributed by atoms with van der Waals surface area (Å²) in [7, 11) is 0. The SMILES string of the molecule is CCN(CCCO)C(=O)c1cc(NN)c(F)cc1[N+](=O)[O-]. The zero-order chi connectivity index (χ0) is 16.0. The second-order valence-corrected chi connectivity index (χ2v) is 4.21. The fraction of sp³-hybridized carbons (Fsp3) is 0.417. The van der Waals surface area contributed by atoms with E-state index in [-0.39, 0.29) is 24.4 Å². The Balaban J connectivity index is 3.25. The van der Waals surface area contributed by atoms with Crippen molar-refractivity contribution >= 4 is 17.3 Å². The third-order valence-corrected chi connectivity index (χ3v) is 2.92. The van der Waals surface area contributed by atoms with Crippen LogP contribution in [0, 0.1) is 15.9 Å². The number of carbonyl (C=O) groups excluding carboxylic acids is 1. The number of nitrogens with two attached hydrogens (primary N) is 1. The topological polar surface area (TPSA) is 122 Å². The van der Waals surface area contributed by atoms with Gasteiger partial charge in [0, 0.05) is 19.7 Å². The Kier molecular flexibility index (Phi) is 6.00. The van der Waals surface area contributed by atoms with Crippen LogP contribution in [0.1, 0.15) is 23.7 Å². The van der Waals surface area contributed by atoms with E-state index < -0.39 is 22.3 Å². The number of nitrogens with one attached hydrogen (secondary N) is 1. The van der Waals surface area contributed by atoms with Crippen LogP contribution < -0.4 is 11.3 Å². The first kappa shape index (κ1) is 16.8. The molecule has 0 saturated heterocycles. The molecule has 0 saturated carbocycles. The van der Waals surface area contributed by atoms with E-state index in [1.807, 2.05) is 5.43 Å². The summed E-state index contributed by atoms with van der Waals surface area (Å²) in [6.45, 7) is 2.14. The average Bonchev–Trinajstić information content (AvgIpc) is 2.47. The lowest BCUT2D eigenvalue weighted by Gasteiger charge is -2.20. The standard InChI is InChI=1S/C12H17FN4O4/c1-2-16(4-3-5-18)12(19)8-6-10(15-14)9(13)7-11(8)17(20)21/h6-7,15,18H,2-5,14H2,1H3. The number of halogens is 1. The normalized spacial score (nSPS) is 10.3. The smallest absolute Gasteiger partial charge is 0.285 e. The molecule has 21 heavy (non-hydrogen) atoms. The molecular formula is C12H17FN4O4. The Morgan fingerprint density at radius 2 is 2.24 bits per heavy atom. The number of nitrogen functional groups attached to an aromatic ring is 1. The molecule has 0 atom stereocenters. The van der Waals surface area contributed by atoms with Gasteiger partial charge in [-0.2, -0.15) is 0 Å². The molecule has 116 valence electrons. The van der Waals surface area contributed by atoms with Crippen molar-refractivity contribution < 1.29 is 19.2 Å². The first-order valence-corrected chi connectivity index (χ1v) is 6.30. The molecule has 0 bridgehead atoms. The number of carbonyl (C=O) groups is 1. The maximum absolute atomic E-state index is 13.5. The molecule has 0 spiro atoms. The van der Waals surface area contributed by atoms with Crippen molar-refractivity contribution in [3.05, 3.63) is 33.6 Å². The molecule has 8 nitrogen and oxygen atoms in total. The van der Waals surface area contributed by atoms with Gasteiger partial charge < -0.3 is 15.4 Å². The highest BCUT2D eigenvalue weighted by Crippen LogP contribution is 2.27. The highest BCUT2D eigenvalue weighted by molar-refractivity contribution is 5.99. The molecule has 0 heterocycles. The molecule has 0 aromatic heterocycles. The van der Waals surface area contributed by atoms with Crippen LogP contribution >= 0.6 is 0 Å². The minimum atomic E-state index is -0.917. The van der Waals surface area contributed by atoms with Gasteiger partial charge in [0.1, 0.15) is 5.56 Å². The van der Waals surface area contributed by atoms with Crippen molar-refractivity contribution in [1.29, 1.82) is 0 Å². The second-order valence-electron chi connectivity index (χ2n) is 4.21. The van der Waals surface area contributed by atoms with E-state index in [0.29, 0.717) is 19.0 Å². The number of aliphatic hydroxyl groups is 1. The fourth-order valence-corrected chi connectivity index (χ4v) is 1.83. The number of hydrazine groups is 1. The summed E-state index contributed by atoms with van der Waals surface area (Å²) in [6, 6.07) is 1.67. The number of amides is 1. The van der Waals surface area contributed by atoms with Gasteiger partial charge in [-0.25, -0.2) is 4.39 Å². The predicted octanol–water partition coefficient (Wildman–Crippen LogP) is 0.864. The Bertz CT molecular complexity index is 538. The molecule has 0 aliphatic heterocycles. The van der Waals surface area contributed by atoms with Gasteiger partial charge in [0.05, 0.1) is 16.7 Å². The van der Waals surface area contributed by atoms with Crippen molar-refractivity contribution in [3.8, 4) is 0 Å². The predicted molar refractivity (Wildman–Crippen MR) is 74.1 cm³/mol. The Morgan fingerprint density at radius 3 is 2.71 bits per heavy atom. The minimum Gasteiger partial charge on any atom is -0.396 e. The molecule has 0 aliphatic carbocycles. The van der Waals surface area contributed by atoms with Gasteiger partial charge in [-0.05, 0) is 19.4 Å². The number of nitro benzene ring substituents is 1. The van der Waals surface area contributed by atoms with Gasteiger partial charge in [0.25, 0.3) is 11.6 Å². The first-order chi connectivity index (χ1) is 9.96. The number of rotatable bonds is 7. The number of nitro groups is 1. The Hall–Kier alpha value is -2.26. The molecule has 1 rings (SSSR count). The molecule has 9 heteroatoms. The lowest BCUT2D eigenvalue weighted by molar-refractivity contribution is -0.385. The fourth-order valence-electron chi connectivity index (χ4n) is 1.83. The van der Waals surface area contributed by atoms with E-state index in [4.69, 9.17) is 10.9 Å². The maximum atomic E-state index is 13.5. The summed E-state index contributed by atoms with van der Waals surface area (Å²) in [6.07, 6.45) is 0.344. The van der Waals surface area contributed by atoms with Crippen molar-refractivity contribution in [2.24, 2.45) is 5.84 Å². The number of anilines is 1. The number of nitrogens with zero attached hydrogens (tertiary/aromatic N) is 2. The molecule has 1 aromatic carbocycles. The van der Waals surface area contributed by atoms with Crippen molar-refractivity contribution in [3.63, 3.8) is 0 Å². The van der Waals surface area contributed by atoms with Crippen LogP contribution in [0.4, 0.5) is 15.8 Å².